The molecule has 27 heavy (non-hydrogen) atoms. The number of halogens is 2. The van der Waals surface area contributed by atoms with Crippen molar-refractivity contribution in [3.63, 3.8) is 0 Å². The number of furan rings is 1. The molecule has 2 amide bonds. The van der Waals surface area contributed by atoms with E-state index in [0.717, 1.165) is 0 Å². The maximum atomic E-state index is 12.1. The number of ether oxygens (including phenoxy) is 1. The maximum Gasteiger partial charge on any atom is 0.305 e. The molecule has 0 bridgehead atoms. The quantitative estimate of drug-likeness (QED) is 0.623. The molecule has 0 fully saturated rings. The molecule has 1 aromatic heterocycles. The lowest BCUT2D eigenvalue weighted by atomic mass is 10.2. The smallest absolute Gasteiger partial charge is 0.305 e. The van der Waals surface area contributed by atoms with Crippen LogP contribution in [0, 0.1) is 0 Å². The summed E-state index contributed by atoms with van der Waals surface area (Å²) in [5.41, 5.74) is 4.66. The van der Waals surface area contributed by atoms with Crippen LogP contribution in [0.1, 0.15) is 26.7 Å². The van der Waals surface area contributed by atoms with Crippen LogP contribution >= 0.6 is 23.2 Å². The minimum absolute atomic E-state index is 0.0270. The fourth-order valence-electron chi connectivity index (χ4n) is 2.16. The van der Waals surface area contributed by atoms with Gasteiger partial charge in [0.25, 0.3) is 5.91 Å². The molecule has 0 aliphatic rings. The van der Waals surface area contributed by atoms with Crippen molar-refractivity contribution in [1.82, 2.24) is 10.9 Å². The van der Waals surface area contributed by atoms with E-state index in [1.54, 1.807) is 12.1 Å². The van der Waals surface area contributed by atoms with Gasteiger partial charge in [-0.3, -0.25) is 20.4 Å². The number of carbonyl (C=O) groups excluding carboxylic acids is 2. The molecule has 0 radical (unpaired) electrons. The van der Waals surface area contributed by atoms with Crippen molar-refractivity contribution in [2.45, 2.75) is 6.61 Å². The summed E-state index contributed by atoms with van der Waals surface area (Å²) in [6.45, 7) is 0.168. The van der Waals surface area contributed by atoms with Gasteiger partial charge in [-0.1, -0.05) is 41.4 Å². The maximum absolute atomic E-state index is 12.1. The van der Waals surface area contributed by atoms with Crippen LogP contribution in [0.2, 0.25) is 10.0 Å². The van der Waals surface area contributed by atoms with Crippen molar-refractivity contribution in [2.75, 3.05) is 0 Å². The first kappa shape index (κ1) is 18.8. The van der Waals surface area contributed by atoms with E-state index in [9.17, 15) is 9.59 Å². The number of amides is 2. The van der Waals surface area contributed by atoms with Crippen LogP contribution in [0.15, 0.2) is 65.1 Å². The van der Waals surface area contributed by atoms with E-state index in [-0.39, 0.29) is 23.0 Å². The van der Waals surface area contributed by atoms with E-state index in [1.807, 2.05) is 30.3 Å². The summed E-state index contributed by atoms with van der Waals surface area (Å²) in [7, 11) is 0. The monoisotopic (exact) mass is 404 g/mol. The van der Waals surface area contributed by atoms with Crippen molar-refractivity contribution in [3.8, 4) is 5.75 Å². The molecule has 0 saturated heterocycles. The summed E-state index contributed by atoms with van der Waals surface area (Å²) in [5.74, 6) is -0.0413. The largest absolute Gasteiger partial charge is 0.486 e. The third-order valence-electron chi connectivity index (χ3n) is 3.47. The van der Waals surface area contributed by atoms with Gasteiger partial charge in [0.15, 0.2) is 5.76 Å². The number of benzene rings is 2. The molecule has 1 heterocycles. The molecule has 2 aromatic carbocycles. The molecule has 8 heteroatoms. The first-order valence-corrected chi connectivity index (χ1v) is 8.61. The highest BCUT2D eigenvalue weighted by Crippen LogP contribution is 2.20. The lowest BCUT2D eigenvalue weighted by Crippen LogP contribution is -2.41. The van der Waals surface area contributed by atoms with Crippen molar-refractivity contribution in [1.29, 1.82) is 0 Å². The average molecular weight is 405 g/mol. The molecule has 0 aliphatic heterocycles. The van der Waals surface area contributed by atoms with Crippen LogP contribution in [0.5, 0.6) is 5.75 Å². The highest BCUT2D eigenvalue weighted by molar-refractivity contribution is 6.35. The number of hydrazine groups is 1. The minimum atomic E-state index is -0.618. The SMILES string of the molecule is O=C(NNC(=O)c1cc(Cl)ccc1Cl)c1ccc(COc2ccccc2)o1. The molecule has 0 spiro atoms. The molecule has 0 unspecified atom stereocenters. The molecular weight excluding hydrogens is 391 g/mol. The van der Waals surface area contributed by atoms with Crippen LogP contribution in [0.3, 0.4) is 0 Å². The van der Waals surface area contributed by atoms with Crippen LogP contribution in [0.25, 0.3) is 0 Å². The first-order chi connectivity index (χ1) is 13.0. The molecule has 3 aromatic rings. The predicted octanol–water partition coefficient (Wildman–Crippen LogP) is 4.24. The number of rotatable bonds is 5. The zero-order valence-corrected chi connectivity index (χ0v) is 15.4. The summed E-state index contributed by atoms with van der Waals surface area (Å²) in [6.07, 6.45) is 0. The van der Waals surface area contributed by atoms with Crippen molar-refractivity contribution in [3.05, 3.63) is 87.8 Å². The van der Waals surface area contributed by atoms with E-state index in [0.29, 0.717) is 16.5 Å². The second-order valence-corrected chi connectivity index (χ2v) is 6.24. The Bertz CT molecular complexity index is 957. The van der Waals surface area contributed by atoms with Gasteiger partial charge in [-0.05, 0) is 42.5 Å². The number of para-hydroxylation sites is 1. The van der Waals surface area contributed by atoms with Gasteiger partial charge in [-0.15, -0.1) is 0 Å². The van der Waals surface area contributed by atoms with Crippen LogP contribution < -0.4 is 15.6 Å². The summed E-state index contributed by atoms with van der Waals surface area (Å²) >= 11 is 11.8. The van der Waals surface area contributed by atoms with Gasteiger partial charge < -0.3 is 9.15 Å². The van der Waals surface area contributed by atoms with E-state index in [4.69, 9.17) is 32.4 Å². The Hall–Kier alpha value is -2.96. The highest BCUT2D eigenvalue weighted by atomic mass is 35.5. The molecule has 6 nitrogen and oxygen atoms in total. The van der Waals surface area contributed by atoms with E-state index < -0.39 is 11.8 Å². The van der Waals surface area contributed by atoms with Crippen molar-refractivity contribution in [2.24, 2.45) is 0 Å². The number of hydrogen-bond acceptors (Lipinski definition) is 4. The van der Waals surface area contributed by atoms with Gasteiger partial charge in [0.2, 0.25) is 0 Å². The van der Waals surface area contributed by atoms with E-state index in [1.165, 1.54) is 18.2 Å². The minimum Gasteiger partial charge on any atom is -0.486 e. The average Bonchev–Trinajstić information content (AvgIpc) is 3.16. The Labute approximate surface area is 165 Å². The van der Waals surface area contributed by atoms with Gasteiger partial charge in [0, 0.05) is 5.02 Å². The van der Waals surface area contributed by atoms with Gasteiger partial charge in [0.1, 0.15) is 18.1 Å². The fourth-order valence-corrected chi connectivity index (χ4v) is 2.54. The summed E-state index contributed by atoms with van der Waals surface area (Å²) in [6, 6.07) is 16.8. The normalized spacial score (nSPS) is 10.3. The summed E-state index contributed by atoms with van der Waals surface area (Å²) in [5, 5.41) is 0.564. The van der Waals surface area contributed by atoms with Crippen LogP contribution in [0.4, 0.5) is 0 Å². The van der Waals surface area contributed by atoms with Gasteiger partial charge >= 0.3 is 5.91 Å². The van der Waals surface area contributed by atoms with E-state index >= 15 is 0 Å². The standard InChI is InChI=1S/C19H14Cl2N2O4/c20-12-6-8-16(21)15(10-12)18(24)22-23-19(25)17-9-7-14(27-17)11-26-13-4-2-1-3-5-13/h1-10H,11H2,(H,22,24)(H,23,25). The molecule has 0 saturated carbocycles. The third kappa shape index (κ3) is 5.03. The zero-order chi connectivity index (χ0) is 19.2. The fraction of sp³-hybridized carbons (Fsp3) is 0.0526. The lowest BCUT2D eigenvalue weighted by Gasteiger charge is -2.07. The molecule has 3 rings (SSSR count). The summed E-state index contributed by atoms with van der Waals surface area (Å²) < 4.78 is 11.0. The topological polar surface area (TPSA) is 80.6 Å². The van der Waals surface area contributed by atoms with Gasteiger partial charge in [0.05, 0.1) is 10.6 Å². The predicted molar refractivity (Wildman–Crippen MR) is 101 cm³/mol. The number of nitrogens with one attached hydrogen (secondary N) is 2. The Kier molecular flexibility index (Phi) is 6.01. The van der Waals surface area contributed by atoms with Crippen LogP contribution in [-0.2, 0) is 6.61 Å². The molecule has 0 atom stereocenters. The third-order valence-corrected chi connectivity index (χ3v) is 4.04. The highest BCUT2D eigenvalue weighted by Gasteiger charge is 2.15. The zero-order valence-electron chi connectivity index (χ0n) is 13.9. The van der Waals surface area contributed by atoms with Crippen molar-refractivity contribution < 1.29 is 18.7 Å². The molecule has 2 N–H and O–H groups in total. The first-order valence-electron chi connectivity index (χ1n) is 7.85. The number of carbonyl (C=O) groups is 2. The molecule has 138 valence electrons. The van der Waals surface area contributed by atoms with Gasteiger partial charge in [-0.25, -0.2) is 0 Å². The lowest BCUT2D eigenvalue weighted by molar-refractivity contribution is 0.0828. The Morgan fingerprint density at radius 1 is 0.926 bits per heavy atom. The second kappa shape index (κ2) is 8.62. The Morgan fingerprint density at radius 2 is 1.67 bits per heavy atom. The Morgan fingerprint density at radius 3 is 2.44 bits per heavy atom. The molecular formula is C19H14Cl2N2O4. The van der Waals surface area contributed by atoms with E-state index in [2.05, 4.69) is 10.9 Å². The second-order valence-electron chi connectivity index (χ2n) is 5.40. The summed E-state index contributed by atoms with van der Waals surface area (Å²) in [4.78, 5) is 24.2. The molecule has 0 aliphatic carbocycles. The van der Waals surface area contributed by atoms with Crippen LogP contribution in [-0.4, -0.2) is 11.8 Å². The number of hydrogen-bond donors (Lipinski definition) is 2. The van der Waals surface area contributed by atoms with Gasteiger partial charge in [-0.2, -0.15) is 0 Å². The van der Waals surface area contributed by atoms with Crippen molar-refractivity contribution >= 4 is 35.0 Å². The Balaban J connectivity index is 1.55.